The molecule has 0 bridgehead atoms. The number of thioether (sulfide) groups is 1. The Morgan fingerprint density at radius 3 is 2.62 bits per heavy atom. The van der Waals surface area contributed by atoms with E-state index >= 15 is 0 Å². The van der Waals surface area contributed by atoms with Crippen LogP contribution in [0.15, 0.2) is 64.0 Å². The number of carbonyl (C=O) groups excluding carboxylic acids is 1. The number of nitro groups is 1. The highest BCUT2D eigenvalue weighted by Gasteiger charge is 2.24. The first-order chi connectivity index (χ1) is 15.5. The van der Waals surface area contributed by atoms with Crippen LogP contribution in [0, 0.1) is 17.0 Å². The van der Waals surface area contributed by atoms with Gasteiger partial charge in [-0.05, 0) is 24.6 Å². The monoisotopic (exact) mass is 452 g/mol. The van der Waals surface area contributed by atoms with Crippen LogP contribution in [0.25, 0.3) is 0 Å². The summed E-state index contributed by atoms with van der Waals surface area (Å²) in [6.07, 6.45) is 0. The Morgan fingerprint density at radius 1 is 1.12 bits per heavy atom. The molecule has 0 aliphatic carbocycles. The van der Waals surface area contributed by atoms with E-state index in [1.165, 1.54) is 6.07 Å². The number of nitrogens with zero attached hydrogens (tertiary/aromatic N) is 4. The molecular weight excluding hydrogens is 428 g/mol. The van der Waals surface area contributed by atoms with E-state index in [4.69, 9.17) is 4.52 Å². The Bertz CT molecular complexity index is 1110. The van der Waals surface area contributed by atoms with E-state index in [1.54, 1.807) is 23.9 Å². The SMILES string of the molecule is Cc1cc(CSc2ccccc2C(=O)N2CCN(Cc3cccc([N+](=O)[O-])c3)CC2)on1. The van der Waals surface area contributed by atoms with Crippen molar-refractivity contribution in [2.24, 2.45) is 0 Å². The van der Waals surface area contributed by atoms with Crippen LogP contribution in [0.5, 0.6) is 0 Å². The zero-order chi connectivity index (χ0) is 22.5. The van der Waals surface area contributed by atoms with Crippen LogP contribution in [0.4, 0.5) is 5.69 Å². The van der Waals surface area contributed by atoms with E-state index < -0.39 is 0 Å². The van der Waals surface area contributed by atoms with Crippen molar-refractivity contribution in [1.29, 1.82) is 0 Å². The van der Waals surface area contributed by atoms with Crippen LogP contribution < -0.4 is 0 Å². The minimum atomic E-state index is -0.376. The number of benzene rings is 2. The fraction of sp³-hybridized carbons (Fsp3) is 0.304. The molecule has 9 heteroatoms. The number of non-ortho nitro benzene ring substituents is 1. The van der Waals surface area contributed by atoms with E-state index in [0.717, 1.165) is 35.0 Å². The topological polar surface area (TPSA) is 92.7 Å². The van der Waals surface area contributed by atoms with Crippen LogP contribution in [0.1, 0.15) is 27.4 Å². The Hall–Kier alpha value is -3.17. The van der Waals surface area contributed by atoms with Gasteiger partial charge in [-0.1, -0.05) is 29.4 Å². The molecule has 3 aromatic rings. The molecule has 0 radical (unpaired) electrons. The third kappa shape index (κ3) is 5.35. The predicted molar refractivity (Wildman–Crippen MR) is 122 cm³/mol. The highest BCUT2D eigenvalue weighted by atomic mass is 32.2. The number of carbonyl (C=O) groups is 1. The number of hydrogen-bond acceptors (Lipinski definition) is 7. The van der Waals surface area contributed by atoms with Gasteiger partial charge in [-0.2, -0.15) is 0 Å². The summed E-state index contributed by atoms with van der Waals surface area (Å²) in [5.41, 5.74) is 2.54. The number of hydrogen-bond donors (Lipinski definition) is 0. The van der Waals surface area contributed by atoms with Gasteiger partial charge >= 0.3 is 0 Å². The van der Waals surface area contributed by atoms with Crippen molar-refractivity contribution in [2.45, 2.75) is 24.1 Å². The second kappa shape index (κ2) is 9.97. The number of amides is 1. The maximum atomic E-state index is 13.2. The van der Waals surface area contributed by atoms with E-state index in [-0.39, 0.29) is 16.5 Å². The zero-order valence-corrected chi connectivity index (χ0v) is 18.6. The van der Waals surface area contributed by atoms with Crippen molar-refractivity contribution in [3.05, 3.63) is 87.3 Å². The summed E-state index contributed by atoms with van der Waals surface area (Å²) in [6.45, 7) is 5.20. The summed E-state index contributed by atoms with van der Waals surface area (Å²) in [4.78, 5) is 28.8. The molecule has 0 spiro atoms. The lowest BCUT2D eigenvalue weighted by molar-refractivity contribution is -0.384. The molecule has 0 atom stereocenters. The quantitative estimate of drug-likeness (QED) is 0.302. The van der Waals surface area contributed by atoms with E-state index in [0.29, 0.717) is 31.0 Å². The maximum Gasteiger partial charge on any atom is 0.269 e. The molecule has 2 aromatic carbocycles. The summed E-state index contributed by atoms with van der Waals surface area (Å²) >= 11 is 1.57. The van der Waals surface area contributed by atoms with Crippen LogP contribution in [0.2, 0.25) is 0 Å². The van der Waals surface area contributed by atoms with Gasteiger partial charge in [-0.15, -0.1) is 11.8 Å². The van der Waals surface area contributed by atoms with E-state index in [1.807, 2.05) is 48.2 Å². The molecule has 166 valence electrons. The molecule has 32 heavy (non-hydrogen) atoms. The Balaban J connectivity index is 1.35. The normalized spacial score (nSPS) is 14.5. The molecule has 8 nitrogen and oxygen atoms in total. The number of piperazine rings is 1. The Labute approximate surface area is 190 Å². The summed E-state index contributed by atoms with van der Waals surface area (Å²) in [5.74, 6) is 1.42. The summed E-state index contributed by atoms with van der Waals surface area (Å²) in [6, 6.07) is 16.3. The van der Waals surface area contributed by atoms with Crippen molar-refractivity contribution in [3.8, 4) is 0 Å². The zero-order valence-electron chi connectivity index (χ0n) is 17.8. The van der Waals surface area contributed by atoms with Crippen molar-refractivity contribution in [1.82, 2.24) is 15.0 Å². The first kappa shape index (κ1) is 22.0. The molecule has 1 fully saturated rings. The fourth-order valence-electron chi connectivity index (χ4n) is 3.71. The molecule has 1 aliphatic heterocycles. The molecule has 1 aliphatic rings. The van der Waals surface area contributed by atoms with Gasteiger partial charge < -0.3 is 9.42 Å². The predicted octanol–water partition coefficient (Wildman–Crippen LogP) is 4.14. The summed E-state index contributed by atoms with van der Waals surface area (Å²) in [7, 11) is 0. The molecule has 1 aromatic heterocycles. The number of rotatable bonds is 7. The van der Waals surface area contributed by atoms with Crippen molar-refractivity contribution >= 4 is 23.4 Å². The van der Waals surface area contributed by atoms with Gasteiger partial charge in [0.1, 0.15) is 5.76 Å². The highest BCUT2D eigenvalue weighted by Crippen LogP contribution is 2.28. The van der Waals surface area contributed by atoms with Crippen LogP contribution >= 0.6 is 11.8 Å². The summed E-state index contributed by atoms with van der Waals surface area (Å²) < 4.78 is 5.27. The van der Waals surface area contributed by atoms with Crippen molar-refractivity contribution in [2.75, 3.05) is 26.2 Å². The van der Waals surface area contributed by atoms with Crippen LogP contribution in [-0.4, -0.2) is 52.0 Å². The van der Waals surface area contributed by atoms with Gasteiger partial charge in [0.15, 0.2) is 0 Å². The fourth-order valence-corrected chi connectivity index (χ4v) is 4.63. The average molecular weight is 453 g/mol. The minimum absolute atomic E-state index is 0.0249. The molecule has 0 saturated carbocycles. The lowest BCUT2D eigenvalue weighted by Gasteiger charge is -2.35. The lowest BCUT2D eigenvalue weighted by atomic mass is 10.1. The number of aromatic nitrogens is 1. The lowest BCUT2D eigenvalue weighted by Crippen LogP contribution is -2.48. The van der Waals surface area contributed by atoms with Gasteiger partial charge in [0.25, 0.3) is 11.6 Å². The Morgan fingerprint density at radius 2 is 1.91 bits per heavy atom. The molecule has 0 unspecified atom stereocenters. The molecular formula is C23H24N4O4S. The molecule has 2 heterocycles. The van der Waals surface area contributed by atoms with Gasteiger partial charge in [-0.25, -0.2) is 0 Å². The van der Waals surface area contributed by atoms with Crippen molar-refractivity contribution in [3.63, 3.8) is 0 Å². The third-order valence-corrected chi connectivity index (χ3v) is 6.45. The first-order valence-corrected chi connectivity index (χ1v) is 11.4. The second-order valence-electron chi connectivity index (χ2n) is 7.71. The summed E-state index contributed by atoms with van der Waals surface area (Å²) in [5, 5.41) is 14.9. The van der Waals surface area contributed by atoms with E-state index in [9.17, 15) is 14.9 Å². The van der Waals surface area contributed by atoms with Gasteiger partial charge in [0.2, 0.25) is 0 Å². The van der Waals surface area contributed by atoms with E-state index in [2.05, 4.69) is 10.1 Å². The van der Waals surface area contributed by atoms with Gasteiger partial charge in [0.05, 0.1) is 21.9 Å². The number of aryl methyl sites for hydroxylation is 1. The average Bonchev–Trinajstić information content (AvgIpc) is 3.23. The highest BCUT2D eigenvalue weighted by molar-refractivity contribution is 7.98. The van der Waals surface area contributed by atoms with Gasteiger partial charge in [0, 0.05) is 55.8 Å². The first-order valence-electron chi connectivity index (χ1n) is 10.4. The van der Waals surface area contributed by atoms with Gasteiger partial charge in [-0.3, -0.25) is 19.8 Å². The number of nitro benzene ring substituents is 1. The molecule has 4 rings (SSSR count). The second-order valence-corrected chi connectivity index (χ2v) is 8.73. The third-order valence-electron chi connectivity index (χ3n) is 5.35. The minimum Gasteiger partial charge on any atom is -0.360 e. The largest absolute Gasteiger partial charge is 0.360 e. The maximum absolute atomic E-state index is 13.2. The molecule has 1 saturated heterocycles. The van der Waals surface area contributed by atoms with Crippen LogP contribution in [-0.2, 0) is 12.3 Å². The molecule has 1 amide bonds. The van der Waals surface area contributed by atoms with Crippen molar-refractivity contribution < 1.29 is 14.2 Å². The standard InChI is InChI=1S/C23H24N4O4S/c1-17-13-20(31-24-17)16-32-22-8-3-2-7-21(22)23(28)26-11-9-25(10-12-26)15-18-5-4-6-19(14-18)27(29)30/h2-8,13-14H,9-12,15-16H2,1H3. The smallest absolute Gasteiger partial charge is 0.269 e. The van der Waals surface area contributed by atoms with Crippen LogP contribution in [0.3, 0.4) is 0 Å². The molecule has 0 N–H and O–H groups in total. The Kier molecular flexibility index (Phi) is 6.87.